The van der Waals surface area contributed by atoms with Crippen molar-refractivity contribution < 1.29 is 0 Å². The third kappa shape index (κ3) is 3.41. The summed E-state index contributed by atoms with van der Waals surface area (Å²) in [5.74, 6) is 0. The molecule has 0 atom stereocenters. The first-order valence-corrected chi connectivity index (χ1v) is 6.71. The number of nitrogens with zero attached hydrogens (tertiary/aromatic N) is 2. The van der Waals surface area contributed by atoms with Gasteiger partial charge in [0.1, 0.15) is 0 Å². The van der Waals surface area contributed by atoms with Crippen molar-refractivity contribution in [1.82, 2.24) is 15.1 Å². The largest absolute Gasteiger partial charge is 0.312 e. The molecular formula is C13H19N3S. The van der Waals surface area contributed by atoms with E-state index in [1.807, 2.05) is 29.3 Å². The number of hydrogen-bond acceptors (Lipinski definition) is 3. The van der Waals surface area contributed by atoms with Crippen molar-refractivity contribution in [2.24, 2.45) is 7.05 Å². The van der Waals surface area contributed by atoms with E-state index in [1.54, 1.807) is 0 Å². The van der Waals surface area contributed by atoms with Gasteiger partial charge in [-0.05, 0) is 44.0 Å². The van der Waals surface area contributed by atoms with Crippen LogP contribution in [0, 0.1) is 13.8 Å². The van der Waals surface area contributed by atoms with Crippen molar-refractivity contribution in [3.8, 4) is 0 Å². The summed E-state index contributed by atoms with van der Waals surface area (Å²) < 4.78 is 1.85. The highest BCUT2D eigenvalue weighted by atomic mass is 32.1. The molecule has 0 aromatic carbocycles. The van der Waals surface area contributed by atoms with Gasteiger partial charge in [0.05, 0.1) is 6.20 Å². The topological polar surface area (TPSA) is 29.9 Å². The highest BCUT2D eigenvalue weighted by Gasteiger charge is 2.02. The van der Waals surface area contributed by atoms with E-state index in [2.05, 4.69) is 36.5 Å². The quantitative estimate of drug-likeness (QED) is 0.825. The van der Waals surface area contributed by atoms with Crippen molar-refractivity contribution >= 4 is 11.3 Å². The minimum Gasteiger partial charge on any atom is -0.312 e. The van der Waals surface area contributed by atoms with Crippen LogP contribution in [0.5, 0.6) is 0 Å². The maximum absolute atomic E-state index is 4.16. The van der Waals surface area contributed by atoms with Crippen molar-refractivity contribution in [2.45, 2.75) is 26.8 Å². The minimum atomic E-state index is 0.969. The Morgan fingerprint density at radius 3 is 2.82 bits per heavy atom. The normalized spacial score (nSPS) is 11.0. The highest BCUT2D eigenvalue weighted by molar-refractivity contribution is 7.12. The molecule has 0 aliphatic heterocycles. The predicted molar refractivity (Wildman–Crippen MR) is 72.4 cm³/mol. The molecule has 0 spiro atoms. The summed E-state index contributed by atoms with van der Waals surface area (Å²) in [7, 11) is 1.95. The summed E-state index contributed by atoms with van der Waals surface area (Å²) in [5.41, 5.74) is 2.72. The first-order valence-electron chi connectivity index (χ1n) is 5.89. The van der Waals surface area contributed by atoms with Crippen molar-refractivity contribution in [1.29, 1.82) is 0 Å². The molecule has 2 aromatic heterocycles. The maximum atomic E-state index is 4.16. The number of hydrogen-bond donors (Lipinski definition) is 1. The molecule has 17 heavy (non-hydrogen) atoms. The average Bonchev–Trinajstić information content (AvgIpc) is 2.81. The van der Waals surface area contributed by atoms with Gasteiger partial charge >= 0.3 is 0 Å². The van der Waals surface area contributed by atoms with Gasteiger partial charge in [-0.2, -0.15) is 5.10 Å². The molecular weight excluding hydrogens is 230 g/mol. The standard InChI is InChI=1S/C13H19N3S/c1-10-6-13(11(2)17-10)8-14-5-4-12-7-15-16(3)9-12/h6-7,9,14H,4-5,8H2,1-3H3. The fraction of sp³-hybridized carbons (Fsp3) is 0.462. The Hall–Kier alpha value is -1.13. The maximum Gasteiger partial charge on any atom is 0.0522 e. The van der Waals surface area contributed by atoms with E-state index in [0.717, 1.165) is 19.5 Å². The molecule has 0 bridgehead atoms. The van der Waals surface area contributed by atoms with Gasteiger partial charge in [0.25, 0.3) is 0 Å². The molecule has 92 valence electrons. The van der Waals surface area contributed by atoms with E-state index in [9.17, 15) is 0 Å². The van der Waals surface area contributed by atoms with E-state index in [-0.39, 0.29) is 0 Å². The zero-order valence-corrected chi connectivity index (χ0v) is 11.5. The number of nitrogens with one attached hydrogen (secondary N) is 1. The van der Waals surface area contributed by atoms with E-state index in [4.69, 9.17) is 0 Å². The summed E-state index contributed by atoms with van der Waals surface area (Å²) in [5, 5.41) is 7.64. The summed E-state index contributed by atoms with van der Waals surface area (Å²) >= 11 is 1.87. The van der Waals surface area contributed by atoms with Crippen LogP contribution in [-0.2, 0) is 20.0 Å². The second-order valence-electron chi connectivity index (χ2n) is 4.39. The van der Waals surface area contributed by atoms with E-state index in [0.29, 0.717) is 0 Å². The summed E-state index contributed by atoms with van der Waals surface area (Å²) in [6, 6.07) is 2.27. The number of rotatable bonds is 5. The lowest BCUT2D eigenvalue weighted by Crippen LogP contribution is -2.16. The van der Waals surface area contributed by atoms with Crippen LogP contribution in [0.2, 0.25) is 0 Å². The molecule has 2 heterocycles. The van der Waals surface area contributed by atoms with Crippen molar-refractivity contribution in [3.63, 3.8) is 0 Å². The Morgan fingerprint density at radius 1 is 1.41 bits per heavy atom. The highest BCUT2D eigenvalue weighted by Crippen LogP contribution is 2.20. The van der Waals surface area contributed by atoms with Gasteiger partial charge in [-0.1, -0.05) is 0 Å². The minimum absolute atomic E-state index is 0.969. The van der Waals surface area contributed by atoms with Gasteiger partial charge in [0.2, 0.25) is 0 Å². The molecule has 0 fully saturated rings. The van der Waals surface area contributed by atoms with Gasteiger partial charge in [-0.15, -0.1) is 11.3 Å². The Kier molecular flexibility index (Phi) is 3.97. The lowest BCUT2D eigenvalue weighted by molar-refractivity contribution is 0.685. The molecule has 3 nitrogen and oxygen atoms in total. The fourth-order valence-corrected chi connectivity index (χ4v) is 2.86. The molecule has 0 unspecified atom stereocenters. The molecule has 0 amide bonds. The molecule has 0 saturated heterocycles. The van der Waals surface area contributed by atoms with E-state index < -0.39 is 0 Å². The van der Waals surface area contributed by atoms with Gasteiger partial charge in [0.15, 0.2) is 0 Å². The Labute approximate surface area is 106 Å². The molecule has 2 aromatic rings. The molecule has 0 radical (unpaired) electrons. The zero-order chi connectivity index (χ0) is 12.3. The van der Waals surface area contributed by atoms with Crippen LogP contribution >= 0.6 is 11.3 Å². The number of thiophene rings is 1. The van der Waals surface area contributed by atoms with Crippen molar-refractivity contribution in [3.05, 3.63) is 39.3 Å². The Balaban J connectivity index is 1.75. The molecule has 0 saturated carbocycles. The second-order valence-corrected chi connectivity index (χ2v) is 5.85. The molecule has 2 rings (SSSR count). The third-order valence-corrected chi connectivity index (χ3v) is 3.82. The molecule has 0 aliphatic rings. The average molecular weight is 249 g/mol. The lowest BCUT2D eigenvalue weighted by Gasteiger charge is -2.02. The first-order chi connectivity index (χ1) is 8.15. The third-order valence-electron chi connectivity index (χ3n) is 2.81. The monoisotopic (exact) mass is 249 g/mol. The van der Waals surface area contributed by atoms with E-state index >= 15 is 0 Å². The Morgan fingerprint density at radius 2 is 2.24 bits per heavy atom. The van der Waals surface area contributed by atoms with Gasteiger partial charge in [-0.25, -0.2) is 0 Å². The number of aromatic nitrogens is 2. The van der Waals surface area contributed by atoms with Crippen LogP contribution in [0.1, 0.15) is 20.9 Å². The van der Waals surface area contributed by atoms with Crippen LogP contribution in [-0.4, -0.2) is 16.3 Å². The summed E-state index contributed by atoms with van der Waals surface area (Å²) in [6.45, 7) is 6.32. The van der Waals surface area contributed by atoms with Gasteiger partial charge in [0, 0.05) is 29.5 Å². The van der Waals surface area contributed by atoms with Crippen LogP contribution in [0.15, 0.2) is 18.5 Å². The smallest absolute Gasteiger partial charge is 0.0522 e. The van der Waals surface area contributed by atoms with E-state index in [1.165, 1.54) is 20.9 Å². The van der Waals surface area contributed by atoms with Crippen LogP contribution in [0.25, 0.3) is 0 Å². The first kappa shape index (κ1) is 12.3. The van der Waals surface area contributed by atoms with Crippen molar-refractivity contribution in [2.75, 3.05) is 6.54 Å². The summed E-state index contributed by atoms with van der Waals surface area (Å²) in [4.78, 5) is 2.82. The SMILES string of the molecule is Cc1cc(CNCCc2cnn(C)c2)c(C)s1. The van der Waals surface area contributed by atoms with Crippen LogP contribution in [0.4, 0.5) is 0 Å². The second kappa shape index (κ2) is 5.47. The van der Waals surface area contributed by atoms with Gasteiger partial charge in [-0.3, -0.25) is 4.68 Å². The van der Waals surface area contributed by atoms with Crippen LogP contribution in [0.3, 0.4) is 0 Å². The van der Waals surface area contributed by atoms with Crippen LogP contribution < -0.4 is 5.32 Å². The molecule has 1 N–H and O–H groups in total. The number of aryl methyl sites for hydroxylation is 3. The molecule has 0 aliphatic carbocycles. The fourth-order valence-electron chi connectivity index (χ4n) is 1.92. The Bertz CT molecular complexity index is 485. The summed E-state index contributed by atoms with van der Waals surface area (Å²) in [6.07, 6.45) is 5.04. The lowest BCUT2D eigenvalue weighted by atomic mass is 10.2. The molecule has 4 heteroatoms. The zero-order valence-electron chi connectivity index (χ0n) is 10.7. The predicted octanol–water partition coefficient (Wildman–Crippen LogP) is 2.43. The van der Waals surface area contributed by atoms with Gasteiger partial charge < -0.3 is 5.32 Å².